The minimum absolute atomic E-state index is 0.0628. The molecule has 0 saturated carbocycles. The highest BCUT2D eigenvalue weighted by atomic mass is 32.2. The summed E-state index contributed by atoms with van der Waals surface area (Å²) in [5.74, 6) is -0.158. The molecule has 0 aliphatic rings. The van der Waals surface area contributed by atoms with Crippen molar-refractivity contribution in [3.05, 3.63) is 48.0 Å². The van der Waals surface area contributed by atoms with Crippen molar-refractivity contribution in [1.82, 2.24) is 9.03 Å². The first-order chi connectivity index (χ1) is 14.5. The van der Waals surface area contributed by atoms with Crippen molar-refractivity contribution >= 4 is 31.6 Å². The van der Waals surface area contributed by atoms with Gasteiger partial charge in [-0.05, 0) is 55.3 Å². The number of hydrogen-bond donors (Lipinski definition) is 2. The monoisotopic (exact) mass is 469 g/mol. The number of amides is 1. The Balaban J connectivity index is 2.03. The number of nitrogens with one attached hydrogen (secondary N) is 2. The zero-order valence-corrected chi connectivity index (χ0v) is 19.5. The molecular weight excluding hydrogens is 442 g/mol. The van der Waals surface area contributed by atoms with Crippen molar-refractivity contribution in [1.29, 1.82) is 0 Å². The molecule has 2 N–H and O–H groups in total. The average Bonchev–Trinajstić information content (AvgIpc) is 2.72. The van der Waals surface area contributed by atoms with Crippen molar-refractivity contribution in [2.75, 3.05) is 32.6 Å². The van der Waals surface area contributed by atoms with Crippen LogP contribution in [0.15, 0.2) is 52.3 Å². The molecule has 2 aromatic rings. The van der Waals surface area contributed by atoms with Crippen molar-refractivity contribution < 1.29 is 26.4 Å². The normalized spacial score (nSPS) is 12.0. The number of aryl methyl sites for hydroxylation is 1. The maximum Gasteiger partial charge on any atom is 0.262 e. The molecule has 11 heteroatoms. The van der Waals surface area contributed by atoms with Crippen LogP contribution in [-0.4, -0.2) is 54.3 Å². The zero-order valence-electron chi connectivity index (χ0n) is 17.9. The SMILES string of the molecule is CCCNS(=O)(=O)c1ccc(OCC(=O)Nc2cc(S(=O)(=O)N(C)C)ccc2C)cc1. The van der Waals surface area contributed by atoms with Crippen LogP contribution in [0.2, 0.25) is 0 Å². The van der Waals surface area contributed by atoms with E-state index in [1.165, 1.54) is 50.5 Å². The Morgan fingerprint density at radius 1 is 1.00 bits per heavy atom. The van der Waals surface area contributed by atoms with Crippen LogP contribution in [0.1, 0.15) is 18.9 Å². The van der Waals surface area contributed by atoms with Crippen LogP contribution in [0.3, 0.4) is 0 Å². The summed E-state index contributed by atoms with van der Waals surface area (Å²) in [7, 11) is -4.35. The lowest BCUT2D eigenvalue weighted by Crippen LogP contribution is -2.24. The van der Waals surface area contributed by atoms with Crippen LogP contribution in [0.25, 0.3) is 0 Å². The number of ether oxygens (including phenoxy) is 1. The second-order valence-electron chi connectivity index (χ2n) is 6.97. The van der Waals surface area contributed by atoms with E-state index in [-0.39, 0.29) is 16.4 Å². The van der Waals surface area contributed by atoms with Crippen LogP contribution in [0.5, 0.6) is 5.75 Å². The van der Waals surface area contributed by atoms with Gasteiger partial charge in [-0.2, -0.15) is 0 Å². The Morgan fingerprint density at radius 3 is 2.19 bits per heavy atom. The third kappa shape index (κ3) is 6.50. The number of sulfonamides is 2. The number of carbonyl (C=O) groups is 1. The fourth-order valence-electron chi connectivity index (χ4n) is 2.48. The highest BCUT2D eigenvalue weighted by Crippen LogP contribution is 2.22. The van der Waals surface area contributed by atoms with Crippen molar-refractivity contribution in [3.8, 4) is 5.75 Å². The minimum atomic E-state index is -3.63. The Labute approximate surface area is 183 Å². The molecule has 1 amide bonds. The van der Waals surface area contributed by atoms with Gasteiger partial charge in [0.1, 0.15) is 5.75 Å². The molecule has 0 spiro atoms. The fourth-order valence-corrected chi connectivity index (χ4v) is 4.54. The van der Waals surface area contributed by atoms with Gasteiger partial charge in [0.25, 0.3) is 5.91 Å². The summed E-state index contributed by atoms with van der Waals surface area (Å²) in [5, 5.41) is 2.64. The molecule has 170 valence electrons. The lowest BCUT2D eigenvalue weighted by atomic mass is 10.2. The van der Waals surface area contributed by atoms with E-state index in [0.29, 0.717) is 30.0 Å². The Hall–Kier alpha value is -2.47. The number of anilines is 1. The molecule has 0 aliphatic carbocycles. The van der Waals surface area contributed by atoms with Crippen molar-refractivity contribution in [3.63, 3.8) is 0 Å². The first kappa shape index (κ1) is 24.8. The van der Waals surface area contributed by atoms with Crippen LogP contribution >= 0.6 is 0 Å². The molecule has 0 aliphatic heterocycles. The third-order valence-electron chi connectivity index (χ3n) is 4.31. The molecule has 0 unspecified atom stereocenters. The number of rotatable bonds is 10. The molecule has 31 heavy (non-hydrogen) atoms. The quantitative estimate of drug-likeness (QED) is 0.548. The van der Waals surface area contributed by atoms with Gasteiger partial charge in [0, 0.05) is 26.3 Å². The van der Waals surface area contributed by atoms with Crippen molar-refractivity contribution in [2.24, 2.45) is 0 Å². The zero-order chi connectivity index (χ0) is 23.2. The summed E-state index contributed by atoms with van der Waals surface area (Å²) in [4.78, 5) is 12.4. The Kier molecular flexibility index (Phi) is 8.18. The van der Waals surface area contributed by atoms with Crippen LogP contribution < -0.4 is 14.8 Å². The number of benzene rings is 2. The fraction of sp³-hybridized carbons (Fsp3) is 0.350. The summed E-state index contributed by atoms with van der Waals surface area (Å²) in [6.45, 7) is 3.62. The van der Waals surface area contributed by atoms with Gasteiger partial charge in [-0.15, -0.1) is 0 Å². The Morgan fingerprint density at radius 2 is 1.61 bits per heavy atom. The molecule has 2 aromatic carbocycles. The summed E-state index contributed by atoms with van der Waals surface area (Å²) in [5.41, 5.74) is 1.06. The molecule has 0 aromatic heterocycles. The van der Waals surface area contributed by atoms with E-state index in [9.17, 15) is 21.6 Å². The van der Waals surface area contributed by atoms with Gasteiger partial charge in [0.2, 0.25) is 20.0 Å². The van der Waals surface area contributed by atoms with Gasteiger partial charge in [-0.25, -0.2) is 25.9 Å². The summed E-state index contributed by atoms with van der Waals surface area (Å²) in [6.07, 6.45) is 0.680. The maximum absolute atomic E-state index is 12.3. The van der Waals surface area contributed by atoms with Crippen LogP contribution in [0.4, 0.5) is 5.69 Å². The van der Waals surface area contributed by atoms with E-state index in [0.717, 1.165) is 4.31 Å². The molecular formula is C20H27N3O6S2. The molecule has 0 bridgehead atoms. The topological polar surface area (TPSA) is 122 Å². The van der Waals surface area contributed by atoms with Gasteiger partial charge in [-0.3, -0.25) is 4.79 Å². The molecule has 0 atom stereocenters. The molecule has 0 radical (unpaired) electrons. The van der Waals surface area contributed by atoms with Gasteiger partial charge in [0.05, 0.1) is 9.79 Å². The summed E-state index contributed by atoms with van der Waals surface area (Å²) >= 11 is 0. The van der Waals surface area contributed by atoms with E-state index < -0.39 is 26.0 Å². The molecule has 0 fully saturated rings. The first-order valence-electron chi connectivity index (χ1n) is 9.53. The first-order valence-corrected chi connectivity index (χ1v) is 12.4. The largest absolute Gasteiger partial charge is 0.484 e. The van der Waals surface area contributed by atoms with Gasteiger partial charge < -0.3 is 10.1 Å². The van der Waals surface area contributed by atoms with Crippen LogP contribution in [-0.2, 0) is 24.8 Å². The summed E-state index contributed by atoms with van der Waals surface area (Å²) < 4.78 is 57.7. The number of carbonyl (C=O) groups excluding carboxylic acids is 1. The van der Waals surface area contributed by atoms with Crippen LogP contribution in [0, 0.1) is 6.92 Å². The van der Waals surface area contributed by atoms with Gasteiger partial charge >= 0.3 is 0 Å². The minimum Gasteiger partial charge on any atom is -0.484 e. The standard InChI is InChI=1S/C20H27N3O6S2/c1-5-12-21-30(25,26)17-10-7-16(8-11-17)29-14-20(24)22-19-13-18(9-6-15(19)2)31(27,28)23(3)4/h6-11,13,21H,5,12,14H2,1-4H3,(H,22,24). The van der Waals surface area contributed by atoms with Gasteiger partial charge in [0.15, 0.2) is 6.61 Å². The van der Waals surface area contributed by atoms with Crippen molar-refractivity contribution in [2.45, 2.75) is 30.1 Å². The molecule has 9 nitrogen and oxygen atoms in total. The highest BCUT2D eigenvalue weighted by molar-refractivity contribution is 7.89. The molecule has 0 saturated heterocycles. The van der Waals surface area contributed by atoms with E-state index in [4.69, 9.17) is 4.74 Å². The second kappa shape index (κ2) is 10.2. The second-order valence-corrected chi connectivity index (χ2v) is 10.9. The summed E-state index contributed by atoms with van der Waals surface area (Å²) in [6, 6.07) is 10.2. The maximum atomic E-state index is 12.3. The Bertz CT molecular complexity index is 1130. The van der Waals surface area contributed by atoms with E-state index in [1.54, 1.807) is 13.0 Å². The molecule has 0 heterocycles. The molecule has 2 rings (SSSR count). The lowest BCUT2D eigenvalue weighted by Gasteiger charge is -2.14. The third-order valence-corrected chi connectivity index (χ3v) is 7.60. The predicted octanol–water partition coefficient (Wildman–Crippen LogP) is 1.95. The average molecular weight is 470 g/mol. The smallest absolute Gasteiger partial charge is 0.262 e. The highest BCUT2D eigenvalue weighted by Gasteiger charge is 2.19. The van der Waals surface area contributed by atoms with E-state index in [2.05, 4.69) is 10.0 Å². The van der Waals surface area contributed by atoms with E-state index in [1.807, 2.05) is 6.92 Å². The lowest BCUT2D eigenvalue weighted by molar-refractivity contribution is -0.118. The predicted molar refractivity (Wildman–Crippen MR) is 118 cm³/mol. The van der Waals surface area contributed by atoms with Gasteiger partial charge in [-0.1, -0.05) is 13.0 Å². The van der Waals surface area contributed by atoms with E-state index >= 15 is 0 Å². The number of hydrogen-bond acceptors (Lipinski definition) is 6. The number of nitrogens with zero attached hydrogens (tertiary/aromatic N) is 1.